The zero-order valence-electron chi connectivity index (χ0n) is 13.9. The molecule has 1 saturated heterocycles. The van der Waals surface area contributed by atoms with Crippen molar-refractivity contribution < 1.29 is 9.50 Å². The van der Waals surface area contributed by atoms with Crippen LogP contribution in [-0.2, 0) is 5.60 Å². The number of hydrogen-bond donors (Lipinski definition) is 2. The number of alkyl halides is 1. The Morgan fingerprint density at radius 2 is 1.83 bits per heavy atom. The van der Waals surface area contributed by atoms with E-state index in [1.54, 1.807) is 36.4 Å². The van der Waals surface area contributed by atoms with Gasteiger partial charge in [-0.15, -0.1) is 0 Å². The fraction of sp³-hybridized carbons (Fsp3) is 0.350. The third-order valence-electron chi connectivity index (χ3n) is 4.86. The molecule has 0 aliphatic carbocycles. The van der Waals surface area contributed by atoms with Crippen LogP contribution in [0.3, 0.4) is 0 Å². The van der Waals surface area contributed by atoms with Crippen molar-refractivity contribution in [3.8, 4) is 6.07 Å². The summed E-state index contributed by atoms with van der Waals surface area (Å²) < 4.78 is 15.4. The molecule has 24 heavy (non-hydrogen) atoms. The van der Waals surface area contributed by atoms with Crippen LogP contribution in [-0.4, -0.2) is 23.9 Å². The molecule has 3 rings (SSSR count). The fourth-order valence-corrected chi connectivity index (χ4v) is 3.21. The molecule has 0 bridgehead atoms. The molecule has 2 aromatic rings. The van der Waals surface area contributed by atoms with Crippen molar-refractivity contribution in [2.24, 2.45) is 0 Å². The molecule has 124 valence electrons. The van der Waals surface area contributed by atoms with Gasteiger partial charge in [0.15, 0.2) is 11.3 Å². The van der Waals surface area contributed by atoms with E-state index in [1.165, 1.54) is 0 Å². The van der Waals surface area contributed by atoms with E-state index in [0.717, 1.165) is 5.56 Å². The second-order valence-corrected chi connectivity index (χ2v) is 6.75. The zero-order chi connectivity index (χ0) is 17.4. The first-order valence-corrected chi connectivity index (χ1v) is 8.14. The van der Waals surface area contributed by atoms with E-state index in [4.69, 9.17) is 5.26 Å². The van der Waals surface area contributed by atoms with Crippen molar-refractivity contribution in [3.05, 3.63) is 70.8 Å². The van der Waals surface area contributed by atoms with Crippen LogP contribution in [0.25, 0.3) is 0 Å². The lowest BCUT2D eigenvalue weighted by atomic mass is 9.70. The molecule has 4 heteroatoms. The van der Waals surface area contributed by atoms with Gasteiger partial charge < -0.3 is 10.4 Å². The minimum atomic E-state index is -1.81. The highest BCUT2D eigenvalue weighted by Gasteiger charge is 2.57. The molecule has 0 saturated carbocycles. The van der Waals surface area contributed by atoms with Gasteiger partial charge in [0.25, 0.3) is 0 Å². The molecule has 0 amide bonds. The Bertz CT molecular complexity index is 775. The number of aliphatic hydroxyl groups is 1. The van der Waals surface area contributed by atoms with Gasteiger partial charge in [0.1, 0.15) is 0 Å². The van der Waals surface area contributed by atoms with Crippen LogP contribution in [0.1, 0.15) is 42.0 Å². The first kappa shape index (κ1) is 16.6. The van der Waals surface area contributed by atoms with Crippen LogP contribution >= 0.6 is 0 Å². The topological polar surface area (TPSA) is 56.0 Å². The first-order chi connectivity index (χ1) is 11.4. The van der Waals surface area contributed by atoms with Gasteiger partial charge in [-0.2, -0.15) is 5.26 Å². The average molecular weight is 324 g/mol. The molecule has 1 heterocycles. The largest absolute Gasteiger partial charge is 0.377 e. The Morgan fingerprint density at radius 1 is 1.17 bits per heavy atom. The maximum absolute atomic E-state index is 15.4. The van der Waals surface area contributed by atoms with Crippen LogP contribution in [0.2, 0.25) is 0 Å². The van der Waals surface area contributed by atoms with Gasteiger partial charge in [0.2, 0.25) is 0 Å². The summed E-state index contributed by atoms with van der Waals surface area (Å²) in [5.41, 5.74) is -1.15. The van der Waals surface area contributed by atoms with Gasteiger partial charge in [-0.3, -0.25) is 0 Å². The smallest absolute Gasteiger partial charge is 0.172 e. The lowest BCUT2D eigenvalue weighted by molar-refractivity contribution is -0.108. The van der Waals surface area contributed by atoms with Crippen molar-refractivity contribution in [3.63, 3.8) is 0 Å². The van der Waals surface area contributed by atoms with E-state index in [9.17, 15) is 5.11 Å². The molecule has 0 aromatic heterocycles. The molecule has 0 radical (unpaired) electrons. The lowest BCUT2D eigenvalue weighted by Crippen LogP contribution is -2.68. The second kappa shape index (κ2) is 6.01. The zero-order valence-corrected chi connectivity index (χ0v) is 13.9. The maximum atomic E-state index is 15.4. The van der Waals surface area contributed by atoms with E-state index < -0.39 is 11.3 Å². The van der Waals surface area contributed by atoms with Crippen molar-refractivity contribution >= 4 is 0 Å². The highest BCUT2D eigenvalue weighted by Crippen LogP contribution is 2.44. The minimum Gasteiger partial charge on any atom is -0.377 e. The van der Waals surface area contributed by atoms with Crippen LogP contribution in [0.5, 0.6) is 0 Å². The fourth-order valence-electron chi connectivity index (χ4n) is 3.21. The Morgan fingerprint density at radius 3 is 2.33 bits per heavy atom. The highest BCUT2D eigenvalue weighted by molar-refractivity contribution is 5.46. The molecular formula is C20H21FN2O. The van der Waals surface area contributed by atoms with Crippen molar-refractivity contribution in [2.75, 3.05) is 13.1 Å². The van der Waals surface area contributed by atoms with E-state index in [0.29, 0.717) is 22.6 Å². The average Bonchev–Trinajstić information content (AvgIpc) is 2.59. The predicted octanol–water partition coefficient (Wildman–Crippen LogP) is 3.23. The van der Waals surface area contributed by atoms with Crippen molar-refractivity contribution in [1.29, 1.82) is 5.26 Å². The molecule has 2 N–H and O–H groups in total. The monoisotopic (exact) mass is 324 g/mol. The SMILES string of the molecule is CC(C)c1ccc([C@](O)(c2cccc(C#N)c2)C2(F)CNC2)cc1. The molecule has 0 unspecified atom stereocenters. The number of nitriles is 1. The Labute approximate surface area is 141 Å². The highest BCUT2D eigenvalue weighted by atomic mass is 19.1. The van der Waals surface area contributed by atoms with Gasteiger partial charge in [-0.05, 0) is 34.7 Å². The third-order valence-corrected chi connectivity index (χ3v) is 4.86. The van der Waals surface area contributed by atoms with E-state index >= 15 is 4.39 Å². The standard InChI is InChI=1S/C20H21FN2O/c1-14(2)16-6-8-17(9-7-16)20(24,19(21)12-23-13-19)18-5-3-4-15(10-18)11-22/h3-10,14,23-24H,12-13H2,1-2H3/t20-/m0/s1. The molecule has 1 atom stereocenters. The molecule has 3 nitrogen and oxygen atoms in total. The van der Waals surface area contributed by atoms with Gasteiger partial charge >= 0.3 is 0 Å². The summed E-state index contributed by atoms with van der Waals surface area (Å²) in [5.74, 6) is 0.360. The van der Waals surface area contributed by atoms with E-state index in [2.05, 4.69) is 25.2 Å². The summed E-state index contributed by atoms with van der Waals surface area (Å²) in [5, 5.41) is 23.5. The summed E-state index contributed by atoms with van der Waals surface area (Å²) in [6.07, 6.45) is 0. The Kier molecular flexibility index (Phi) is 4.16. The van der Waals surface area contributed by atoms with Gasteiger partial charge in [-0.1, -0.05) is 50.2 Å². The lowest BCUT2D eigenvalue weighted by Gasteiger charge is -2.48. The van der Waals surface area contributed by atoms with Crippen molar-refractivity contribution in [1.82, 2.24) is 5.32 Å². The number of benzene rings is 2. The summed E-state index contributed by atoms with van der Waals surface area (Å²) in [6, 6.07) is 16.0. The molecule has 1 aliphatic rings. The summed E-state index contributed by atoms with van der Waals surface area (Å²) in [6.45, 7) is 4.33. The second-order valence-electron chi connectivity index (χ2n) is 6.75. The molecule has 1 aliphatic heterocycles. The van der Waals surface area contributed by atoms with Crippen molar-refractivity contribution in [2.45, 2.75) is 31.0 Å². The Hall–Kier alpha value is -2.22. The molecular weight excluding hydrogens is 303 g/mol. The van der Waals surface area contributed by atoms with E-state index in [-0.39, 0.29) is 13.1 Å². The number of nitrogens with one attached hydrogen (secondary N) is 1. The first-order valence-electron chi connectivity index (χ1n) is 8.14. The van der Waals surface area contributed by atoms with Gasteiger partial charge in [0.05, 0.1) is 11.6 Å². The Balaban J connectivity index is 2.14. The van der Waals surface area contributed by atoms with Crippen LogP contribution in [0.15, 0.2) is 48.5 Å². The number of rotatable bonds is 4. The van der Waals surface area contributed by atoms with Crippen LogP contribution < -0.4 is 5.32 Å². The van der Waals surface area contributed by atoms with Crippen LogP contribution in [0.4, 0.5) is 4.39 Å². The molecule has 0 spiro atoms. The number of nitrogens with zero attached hydrogens (tertiary/aromatic N) is 1. The number of hydrogen-bond acceptors (Lipinski definition) is 3. The normalized spacial score (nSPS) is 18.5. The molecule has 1 fully saturated rings. The summed E-state index contributed by atoms with van der Waals surface area (Å²) in [4.78, 5) is 0. The third kappa shape index (κ3) is 2.50. The van der Waals surface area contributed by atoms with Gasteiger partial charge in [-0.25, -0.2) is 4.39 Å². The quantitative estimate of drug-likeness (QED) is 0.908. The molecule has 2 aromatic carbocycles. The minimum absolute atomic E-state index is 0.0756. The predicted molar refractivity (Wildman–Crippen MR) is 91.4 cm³/mol. The maximum Gasteiger partial charge on any atom is 0.172 e. The van der Waals surface area contributed by atoms with Crippen LogP contribution in [0, 0.1) is 11.3 Å². The van der Waals surface area contributed by atoms with E-state index in [1.807, 2.05) is 12.1 Å². The number of halogens is 1. The summed E-state index contributed by atoms with van der Waals surface area (Å²) in [7, 11) is 0. The van der Waals surface area contributed by atoms with Gasteiger partial charge in [0, 0.05) is 13.1 Å². The summed E-state index contributed by atoms with van der Waals surface area (Å²) >= 11 is 0.